The molecule has 0 amide bonds. The highest BCUT2D eigenvalue weighted by Gasteiger charge is 2.26. The number of H-pyrrole nitrogens is 1. The first-order chi connectivity index (χ1) is 11.6. The maximum absolute atomic E-state index is 6.34. The van der Waals surface area contributed by atoms with Gasteiger partial charge in [0.15, 0.2) is 5.11 Å². The summed E-state index contributed by atoms with van der Waals surface area (Å²) in [6.07, 6.45) is 5.44. The monoisotopic (exact) mass is 363 g/mol. The van der Waals surface area contributed by atoms with Crippen molar-refractivity contribution in [1.29, 1.82) is 0 Å². The van der Waals surface area contributed by atoms with Crippen molar-refractivity contribution in [3.8, 4) is 0 Å². The van der Waals surface area contributed by atoms with E-state index in [4.69, 9.17) is 23.8 Å². The molecule has 2 aromatic heterocycles. The molecule has 0 spiro atoms. The number of hydrogen-bond acceptors (Lipinski definition) is 4. The summed E-state index contributed by atoms with van der Waals surface area (Å²) in [5, 5.41) is 6.55. The van der Waals surface area contributed by atoms with Crippen LogP contribution in [0.1, 0.15) is 5.56 Å². The molecule has 3 heterocycles. The molecule has 0 radical (unpaired) electrons. The van der Waals surface area contributed by atoms with Crippen LogP contribution >= 0.6 is 23.8 Å². The fraction of sp³-hybridized carbons (Fsp3) is 0.312. The third-order valence-electron chi connectivity index (χ3n) is 3.79. The lowest BCUT2D eigenvalue weighted by atomic mass is 10.3. The number of rotatable bonds is 3. The average molecular weight is 364 g/mol. The smallest absolute Gasteiger partial charge is 0.293 e. The van der Waals surface area contributed by atoms with Crippen LogP contribution < -0.4 is 20.6 Å². The number of nitrogens with one attached hydrogen (secondary N) is 3. The fourth-order valence-corrected chi connectivity index (χ4v) is 3.18. The standard InChI is InChI=1S/C16H19ClN6S/c1-12-9-14(17)15(19-10-12)22-5-7-23(8-6-22)21-16(24)20-13-3-2-4-18-11-13/h2-4,9-11H,5-8H2,1H3,(H2,20,21,24)/p+1. The molecule has 6 nitrogen and oxygen atoms in total. The van der Waals surface area contributed by atoms with Crippen molar-refractivity contribution in [2.75, 3.05) is 36.4 Å². The van der Waals surface area contributed by atoms with Crippen LogP contribution in [-0.2, 0) is 0 Å². The van der Waals surface area contributed by atoms with Crippen LogP contribution in [0, 0.1) is 6.92 Å². The van der Waals surface area contributed by atoms with Gasteiger partial charge in [-0.15, -0.1) is 0 Å². The Labute approximate surface area is 151 Å². The number of halogens is 1. The zero-order chi connectivity index (χ0) is 16.9. The van der Waals surface area contributed by atoms with Gasteiger partial charge in [0, 0.05) is 6.20 Å². The average Bonchev–Trinajstić information content (AvgIpc) is 2.57. The summed E-state index contributed by atoms with van der Waals surface area (Å²) in [5.41, 5.74) is 5.21. The predicted molar refractivity (Wildman–Crippen MR) is 100 cm³/mol. The maximum Gasteiger partial charge on any atom is 0.293 e. The molecule has 2 aromatic rings. The number of nitrogens with zero attached hydrogens (tertiary/aromatic N) is 3. The Balaban J connectivity index is 1.51. The van der Waals surface area contributed by atoms with Gasteiger partial charge in [-0.1, -0.05) is 11.6 Å². The number of anilines is 2. The molecule has 126 valence electrons. The lowest BCUT2D eigenvalue weighted by Crippen LogP contribution is -2.55. The second-order valence-electron chi connectivity index (χ2n) is 5.66. The van der Waals surface area contributed by atoms with Crippen LogP contribution in [0.4, 0.5) is 11.5 Å². The van der Waals surface area contributed by atoms with Gasteiger partial charge in [0.05, 0.1) is 31.2 Å². The number of piperazine rings is 1. The van der Waals surface area contributed by atoms with Crippen LogP contribution in [-0.4, -0.2) is 41.3 Å². The summed E-state index contributed by atoms with van der Waals surface area (Å²) in [6, 6.07) is 5.77. The highest BCUT2D eigenvalue weighted by atomic mass is 35.5. The second-order valence-corrected chi connectivity index (χ2v) is 6.47. The topological polar surface area (TPSA) is 57.6 Å². The predicted octanol–water partition coefficient (Wildman–Crippen LogP) is 1.88. The van der Waals surface area contributed by atoms with Crippen LogP contribution in [0.15, 0.2) is 36.8 Å². The highest BCUT2D eigenvalue weighted by Crippen LogP contribution is 2.21. The number of aromatic amines is 1. The number of hydrazine groups is 1. The molecule has 3 N–H and O–H groups in total. The summed E-state index contributed by atoms with van der Waals surface area (Å²) in [7, 11) is 0. The molecule has 3 rings (SSSR count). The molecule has 0 bridgehead atoms. The Hall–Kier alpha value is -1.96. The second kappa shape index (κ2) is 7.74. The SMILES string of the molecule is Cc1c[nH+]c(N2CCN(NC(=S)Nc3cccnc3)CC2)c(Cl)c1. The van der Waals surface area contributed by atoms with Gasteiger partial charge in [0.1, 0.15) is 18.1 Å². The molecule has 24 heavy (non-hydrogen) atoms. The van der Waals surface area contributed by atoms with E-state index in [0.29, 0.717) is 5.11 Å². The van der Waals surface area contributed by atoms with Gasteiger partial charge in [-0.3, -0.25) is 15.3 Å². The minimum atomic E-state index is 0.566. The summed E-state index contributed by atoms with van der Waals surface area (Å²) in [6.45, 7) is 5.42. The van der Waals surface area contributed by atoms with Gasteiger partial charge in [-0.05, 0) is 42.9 Å². The summed E-state index contributed by atoms with van der Waals surface area (Å²) in [5.74, 6) is 0.970. The molecule has 0 saturated carbocycles. The van der Waals surface area contributed by atoms with Gasteiger partial charge >= 0.3 is 0 Å². The van der Waals surface area contributed by atoms with Crippen LogP contribution in [0.5, 0.6) is 0 Å². The Kier molecular flexibility index (Phi) is 5.44. The number of hydrogen-bond donors (Lipinski definition) is 2. The van der Waals surface area contributed by atoms with E-state index in [0.717, 1.165) is 48.3 Å². The molecular formula is C16H20ClN6S+. The van der Waals surface area contributed by atoms with Crippen molar-refractivity contribution in [1.82, 2.24) is 15.4 Å². The number of pyridine rings is 2. The van der Waals surface area contributed by atoms with Gasteiger partial charge in [-0.2, -0.15) is 0 Å². The van der Waals surface area contributed by atoms with Gasteiger partial charge < -0.3 is 5.32 Å². The molecule has 1 fully saturated rings. The van der Waals surface area contributed by atoms with Gasteiger partial charge in [0.2, 0.25) is 0 Å². The summed E-state index contributed by atoms with van der Waals surface area (Å²) < 4.78 is 0. The number of aromatic nitrogens is 2. The van der Waals surface area contributed by atoms with Crippen molar-refractivity contribution in [3.63, 3.8) is 0 Å². The quantitative estimate of drug-likeness (QED) is 0.812. The van der Waals surface area contributed by atoms with Gasteiger partial charge in [0.25, 0.3) is 5.82 Å². The van der Waals surface area contributed by atoms with Crippen molar-refractivity contribution in [2.24, 2.45) is 0 Å². The van der Waals surface area contributed by atoms with Crippen molar-refractivity contribution in [2.45, 2.75) is 6.92 Å². The first kappa shape index (κ1) is 16.9. The molecule has 0 aliphatic carbocycles. The van der Waals surface area contributed by atoms with E-state index in [1.54, 1.807) is 12.4 Å². The van der Waals surface area contributed by atoms with Crippen molar-refractivity contribution in [3.05, 3.63) is 47.4 Å². The van der Waals surface area contributed by atoms with Crippen LogP contribution in [0.25, 0.3) is 0 Å². The number of aryl methyl sites for hydroxylation is 1. The maximum atomic E-state index is 6.34. The minimum Gasteiger partial charge on any atom is -0.330 e. The van der Waals surface area contributed by atoms with E-state index < -0.39 is 0 Å². The molecule has 0 aromatic carbocycles. The fourth-order valence-electron chi connectivity index (χ4n) is 2.58. The molecule has 1 saturated heterocycles. The third kappa shape index (κ3) is 4.31. The Morgan fingerprint density at radius 2 is 2.12 bits per heavy atom. The molecule has 0 unspecified atom stereocenters. The van der Waals surface area contributed by atoms with E-state index in [2.05, 4.69) is 30.6 Å². The Morgan fingerprint density at radius 1 is 1.33 bits per heavy atom. The van der Waals surface area contributed by atoms with E-state index in [1.165, 1.54) is 0 Å². The Morgan fingerprint density at radius 3 is 2.79 bits per heavy atom. The van der Waals surface area contributed by atoms with Crippen molar-refractivity contribution >= 4 is 40.4 Å². The molecular weight excluding hydrogens is 344 g/mol. The largest absolute Gasteiger partial charge is 0.330 e. The normalized spacial score (nSPS) is 15.2. The lowest BCUT2D eigenvalue weighted by molar-refractivity contribution is -0.364. The number of thiocarbonyl (C=S) groups is 1. The highest BCUT2D eigenvalue weighted by molar-refractivity contribution is 7.80. The molecule has 1 aliphatic rings. The lowest BCUT2D eigenvalue weighted by Gasteiger charge is -2.32. The summed E-state index contributed by atoms with van der Waals surface area (Å²) in [4.78, 5) is 9.58. The Bertz CT molecular complexity index is 703. The van der Waals surface area contributed by atoms with Crippen LogP contribution in [0.2, 0.25) is 5.02 Å². The van der Waals surface area contributed by atoms with Crippen LogP contribution in [0.3, 0.4) is 0 Å². The van der Waals surface area contributed by atoms with E-state index in [1.807, 2.05) is 31.3 Å². The zero-order valence-electron chi connectivity index (χ0n) is 13.4. The first-order valence-electron chi connectivity index (χ1n) is 7.77. The van der Waals surface area contributed by atoms with Crippen molar-refractivity contribution < 1.29 is 4.98 Å². The molecule has 8 heteroatoms. The molecule has 0 atom stereocenters. The van der Waals surface area contributed by atoms with Gasteiger partial charge in [-0.25, -0.2) is 9.99 Å². The molecule has 1 aliphatic heterocycles. The zero-order valence-corrected chi connectivity index (χ0v) is 15.0. The van der Waals surface area contributed by atoms with E-state index in [-0.39, 0.29) is 0 Å². The summed E-state index contributed by atoms with van der Waals surface area (Å²) >= 11 is 11.7. The third-order valence-corrected chi connectivity index (χ3v) is 4.27. The first-order valence-corrected chi connectivity index (χ1v) is 8.56. The minimum absolute atomic E-state index is 0.566. The van der Waals surface area contributed by atoms with E-state index in [9.17, 15) is 0 Å². The van der Waals surface area contributed by atoms with E-state index >= 15 is 0 Å².